The average molecular weight is 378 g/mol. The number of carbonyl (C=O) groups excluding carboxylic acids is 1. The van der Waals surface area contributed by atoms with Crippen molar-refractivity contribution in [3.05, 3.63) is 29.0 Å². The number of furan rings is 1. The van der Waals surface area contributed by atoms with Gasteiger partial charge in [-0.1, -0.05) is 0 Å². The molecule has 2 aromatic heterocycles. The number of nitrogens with zero attached hydrogens (tertiary/aromatic N) is 2. The van der Waals surface area contributed by atoms with E-state index in [0.29, 0.717) is 13.0 Å². The van der Waals surface area contributed by atoms with Crippen LogP contribution in [0, 0.1) is 6.92 Å². The van der Waals surface area contributed by atoms with Gasteiger partial charge < -0.3 is 15.1 Å². The lowest BCUT2D eigenvalue weighted by Gasteiger charge is -2.23. The first-order valence-electron chi connectivity index (χ1n) is 7.18. The van der Waals surface area contributed by atoms with E-state index in [1.807, 2.05) is 29.3 Å². The van der Waals surface area contributed by atoms with Crippen LogP contribution >= 0.6 is 36.2 Å². The van der Waals surface area contributed by atoms with Crippen LogP contribution < -0.4 is 5.73 Å². The minimum absolute atomic E-state index is 0. The van der Waals surface area contributed by atoms with E-state index in [0.717, 1.165) is 41.6 Å². The Morgan fingerprint density at radius 3 is 2.91 bits per heavy atom. The number of carbonyl (C=O) groups is 1. The summed E-state index contributed by atoms with van der Waals surface area (Å²) in [7, 11) is 0. The molecule has 3 rings (SSSR count). The van der Waals surface area contributed by atoms with Gasteiger partial charge in [0.1, 0.15) is 5.76 Å². The molecule has 1 unspecified atom stereocenters. The zero-order valence-electron chi connectivity index (χ0n) is 12.9. The van der Waals surface area contributed by atoms with Gasteiger partial charge in [-0.15, -0.1) is 36.2 Å². The highest BCUT2D eigenvalue weighted by molar-refractivity contribution is 7.13. The van der Waals surface area contributed by atoms with Crippen LogP contribution in [0.15, 0.2) is 21.9 Å². The minimum Gasteiger partial charge on any atom is -0.459 e. The van der Waals surface area contributed by atoms with E-state index in [1.54, 1.807) is 0 Å². The molecule has 0 spiro atoms. The van der Waals surface area contributed by atoms with Gasteiger partial charge in [-0.3, -0.25) is 4.79 Å². The Morgan fingerprint density at radius 1 is 1.48 bits per heavy atom. The lowest BCUT2D eigenvalue weighted by Crippen LogP contribution is -2.40. The van der Waals surface area contributed by atoms with Crippen molar-refractivity contribution >= 4 is 42.1 Å². The van der Waals surface area contributed by atoms with Crippen molar-refractivity contribution < 1.29 is 9.21 Å². The molecule has 23 heavy (non-hydrogen) atoms. The molecular weight excluding hydrogens is 357 g/mol. The monoisotopic (exact) mass is 377 g/mol. The van der Waals surface area contributed by atoms with Crippen molar-refractivity contribution in [3.63, 3.8) is 0 Å². The first-order valence-corrected chi connectivity index (χ1v) is 8.06. The van der Waals surface area contributed by atoms with E-state index in [-0.39, 0.29) is 36.8 Å². The number of likely N-dealkylation sites (tertiary alicyclic amines) is 1. The van der Waals surface area contributed by atoms with Gasteiger partial charge in [0.05, 0.1) is 12.1 Å². The van der Waals surface area contributed by atoms with Gasteiger partial charge >= 0.3 is 0 Å². The maximum absolute atomic E-state index is 12.3. The highest BCUT2D eigenvalue weighted by Gasteiger charge is 2.27. The highest BCUT2D eigenvalue weighted by atomic mass is 35.5. The molecule has 0 aromatic carbocycles. The molecule has 0 radical (unpaired) electrons. The number of hydrogen-bond donors (Lipinski definition) is 1. The Hall–Kier alpha value is -1.08. The molecule has 1 aliphatic rings. The third-order valence-electron chi connectivity index (χ3n) is 3.80. The van der Waals surface area contributed by atoms with Crippen LogP contribution in [0.4, 0.5) is 0 Å². The van der Waals surface area contributed by atoms with Crippen LogP contribution in [0.3, 0.4) is 0 Å². The zero-order valence-corrected chi connectivity index (χ0v) is 15.3. The maximum Gasteiger partial charge on any atom is 0.228 e. The second kappa shape index (κ2) is 8.68. The fraction of sp³-hybridized carbons (Fsp3) is 0.467. The SMILES string of the molecule is Cc1ccc(-c2nc(CC(=O)N3CCCC3CN)cs2)o1.Cl.Cl. The lowest BCUT2D eigenvalue weighted by molar-refractivity contribution is -0.131. The Kier molecular flexibility index (Phi) is 7.54. The molecule has 2 N–H and O–H groups in total. The molecule has 0 saturated carbocycles. The minimum atomic E-state index is 0. The summed E-state index contributed by atoms with van der Waals surface area (Å²) in [6, 6.07) is 4.02. The Morgan fingerprint density at radius 2 is 2.26 bits per heavy atom. The summed E-state index contributed by atoms with van der Waals surface area (Å²) in [6.45, 7) is 3.26. The molecule has 3 heterocycles. The van der Waals surface area contributed by atoms with Gasteiger partial charge in [-0.2, -0.15) is 0 Å². The predicted octanol–water partition coefficient (Wildman–Crippen LogP) is 3.05. The summed E-state index contributed by atoms with van der Waals surface area (Å²) in [5.74, 6) is 1.74. The number of thiazole rings is 1. The van der Waals surface area contributed by atoms with Gasteiger partial charge in [0.25, 0.3) is 0 Å². The van der Waals surface area contributed by atoms with Crippen molar-refractivity contribution in [2.24, 2.45) is 5.73 Å². The second-order valence-corrected chi connectivity index (χ2v) is 6.21. The van der Waals surface area contributed by atoms with Crippen LogP contribution in [-0.4, -0.2) is 34.9 Å². The predicted molar refractivity (Wildman–Crippen MR) is 96.5 cm³/mol. The number of nitrogens with two attached hydrogens (primary N) is 1. The van der Waals surface area contributed by atoms with E-state index in [4.69, 9.17) is 10.2 Å². The van der Waals surface area contributed by atoms with Crippen molar-refractivity contribution in [2.75, 3.05) is 13.1 Å². The molecule has 1 saturated heterocycles. The number of aromatic nitrogens is 1. The maximum atomic E-state index is 12.3. The number of hydrogen-bond acceptors (Lipinski definition) is 5. The number of amides is 1. The van der Waals surface area contributed by atoms with Crippen molar-refractivity contribution in [3.8, 4) is 10.8 Å². The molecule has 2 aromatic rings. The normalized spacial score (nSPS) is 16.8. The topological polar surface area (TPSA) is 72.4 Å². The summed E-state index contributed by atoms with van der Waals surface area (Å²) in [6.07, 6.45) is 2.39. The summed E-state index contributed by atoms with van der Waals surface area (Å²) in [5, 5.41) is 2.75. The smallest absolute Gasteiger partial charge is 0.228 e. The molecule has 1 fully saturated rings. The Balaban J connectivity index is 0.00000132. The molecule has 8 heteroatoms. The number of aryl methyl sites for hydroxylation is 1. The van der Waals surface area contributed by atoms with Gasteiger partial charge in [-0.25, -0.2) is 4.98 Å². The quantitative estimate of drug-likeness (QED) is 0.888. The summed E-state index contributed by atoms with van der Waals surface area (Å²) in [5.41, 5.74) is 6.52. The van der Waals surface area contributed by atoms with Crippen LogP contribution in [0.25, 0.3) is 10.8 Å². The van der Waals surface area contributed by atoms with Gasteiger partial charge in [0.2, 0.25) is 5.91 Å². The molecule has 1 amide bonds. The largest absolute Gasteiger partial charge is 0.459 e. The molecule has 1 atom stereocenters. The van der Waals surface area contributed by atoms with Crippen LogP contribution in [0.1, 0.15) is 24.3 Å². The summed E-state index contributed by atoms with van der Waals surface area (Å²) in [4.78, 5) is 18.7. The highest BCUT2D eigenvalue weighted by Crippen LogP contribution is 2.26. The molecule has 0 aliphatic carbocycles. The van der Waals surface area contributed by atoms with E-state index >= 15 is 0 Å². The Labute approximate surface area is 152 Å². The third-order valence-corrected chi connectivity index (χ3v) is 4.71. The van der Waals surface area contributed by atoms with Crippen molar-refractivity contribution in [2.45, 2.75) is 32.2 Å². The standard InChI is InChI=1S/C15H19N3O2S.2ClH/c1-10-4-5-13(20-10)15-17-11(9-21-15)7-14(19)18-6-2-3-12(18)8-16;;/h4-5,9,12H,2-3,6-8,16H2,1H3;2*1H. The van der Waals surface area contributed by atoms with Gasteiger partial charge in [-0.05, 0) is 31.9 Å². The molecule has 128 valence electrons. The zero-order chi connectivity index (χ0) is 14.8. The van der Waals surface area contributed by atoms with Crippen molar-refractivity contribution in [1.82, 2.24) is 9.88 Å². The molecular formula is C15H21Cl2N3O2S. The van der Waals surface area contributed by atoms with Crippen LogP contribution in [0.5, 0.6) is 0 Å². The first-order chi connectivity index (χ1) is 10.2. The fourth-order valence-electron chi connectivity index (χ4n) is 2.72. The third kappa shape index (κ3) is 4.47. The second-order valence-electron chi connectivity index (χ2n) is 5.35. The molecule has 0 bridgehead atoms. The van der Waals surface area contributed by atoms with E-state index in [9.17, 15) is 4.79 Å². The number of halogens is 2. The number of rotatable bonds is 4. The van der Waals surface area contributed by atoms with Crippen LogP contribution in [0.2, 0.25) is 0 Å². The van der Waals surface area contributed by atoms with Gasteiger partial charge in [0, 0.05) is 24.5 Å². The van der Waals surface area contributed by atoms with Gasteiger partial charge in [0.15, 0.2) is 10.8 Å². The summed E-state index contributed by atoms with van der Waals surface area (Å²) < 4.78 is 5.56. The first kappa shape index (κ1) is 20.0. The summed E-state index contributed by atoms with van der Waals surface area (Å²) >= 11 is 1.51. The van der Waals surface area contributed by atoms with E-state index in [2.05, 4.69) is 4.98 Å². The van der Waals surface area contributed by atoms with Crippen LogP contribution in [-0.2, 0) is 11.2 Å². The average Bonchev–Trinajstić information content (AvgIpc) is 3.17. The van der Waals surface area contributed by atoms with E-state index < -0.39 is 0 Å². The fourth-order valence-corrected chi connectivity index (χ4v) is 3.50. The lowest BCUT2D eigenvalue weighted by atomic mass is 10.2. The van der Waals surface area contributed by atoms with E-state index in [1.165, 1.54) is 11.3 Å². The Bertz CT molecular complexity index is 644. The van der Waals surface area contributed by atoms with Crippen molar-refractivity contribution in [1.29, 1.82) is 0 Å². The molecule has 1 aliphatic heterocycles. The molecule has 5 nitrogen and oxygen atoms in total.